The molecule has 2 aromatic carbocycles. The first-order chi connectivity index (χ1) is 8.52. The van der Waals surface area contributed by atoms with Crippen molar-refractivity contribution in [3.8, 4) is 16.9 Å². The van der Waals surface area contributed by atoms with E-state index in [0.29, 0.717) is 16.9 Å². The number of rotatable bonds is 2. The Bertz CT molecular complexity index is 547. The van der Waals surface area contributed by atoms with Gasteiger partial charge >= 0.3 is 6.18 Å². The highest BCUT2D eigenvalue weighted by atomic mass is 19.4. The molecule has 0 aliphatic carbocycles. The molecule has 0 spiro atoms. The van der Waals surface area contributed by atoms with Crippen LogP contribution in [0.15, 0.2) is 48.5 Å². The van der Waals surface area contributed by atoms with E-state index in [-0.39, 0.29) is 0 Å². The van der Waals surface area contributed by atoms with Crippen molar-refractivity contribution < 1.29 is 17.9 Å². The van der Waals surface area contributed by atoms with Gasteiger partial charge in [0.05, 0.1) is 12.7 Å². The average Bonchev–Trinajstić information content (AvgIpc) is 2.38. The van der Waals surface area contributed by atoms with Gasteiger partial charge in [-0.05, 0) is 23.8 Å². The summed E-state index contributed by atoms with van der Waals surface area (Å²) in [5.41, 5.74) is 0.472. The van der Waals surface area contributed by atoms with Crippen LogP contribution in [-0.2, 0) is 6.18 Å². The lowest BCUT2D eigenvalue weighted by Crippen LogP contribution is -2.04. The van der Waals surface area contributed by atoms with Crippen molar-refractivity contribution >= 4 is 0 Å². The van der Waals surface area contributed by atoms with Gasteiger partial charge in [0.2, 0.25) is 0 Å². The van der Waals surface area contributed by atoms with Crippen LogP contribution in [0.5, 0.6) is 5.75 Å². The van der Waals surface area contributed by atoms with Gasteiger partial charge in [0.15, 0.2) is 0 Å². The second-order valence-electron chi connectivity index (χ2n) is 3.78. The number of para-hydroxylation sites is 1. The van der Waals surface area contributed by atoms with E-state index in [9.17, 15) is 13.2 Å². The Kier molecular flexibility index (Phi) is 3.28. The molecule has 18 heavy (non-hydrogen) atoms. The normalized spacial score (nSPS) is 11.3. The molecule has 0 heterocycles. The lowest BCUT2D eigenvalue weighted by Gasteiger charge is -2.11. The van der Waals surface area contributed by atoms with E-state index < -0.39 is 11.7 Å². The first kappa shape index (κ1) is 12.5. The molecule has 0 fully saturated rings. The van der Waals surface area contributed by atoms with E-state index >= 15 is 0 Å². The van der Waals surface area contributed by atoms with Crippen LogP contribution in [0.3, 0.4) is 0 Å². The van der Waals surface area contributed by atoms with Crippen LogP contribution < -0.4 is 4.74 Å². The summed E-state index contributed by atoms with van der Waals surface area (Å²) < 4.78 is 43.0. The Hall–Kier alpha value is -1.97. The molecule has 0 saturated heterocycles. The van der Waals surface area contributed by atoms with Gasteiger partial charge in [-0.2, -0.15) is 13.2 Å². The molecular weight excluding hydrogens is 241 g/mol. The molecular formula is C14H11F3O. The standard InChI is InChI=1S/C14H11F3O/c1-18-13-8-3-2-7-12(13)10-5-4-6-11(9-10)14(15,16)17/h2-9H,1H3. The third-order valence-corrected chi connectivity index (χ3v) is 2.61. The molecule has 4 heteroatoms. The fourth-order valence-corrected chi connectivity index (χ4v) is 1.75. The zero-order chi connectivity index (χ0) is 13.2. The summed E-state index contributed by atoms with van der Waals surface area (Å²) >= 11 is 0. The molecule has 2 rings (SSSR count). The van der Waals surface area contributed by atoms with E-state index in [2.05, 4.69) is 0 Å². The van der Waals surface area contributed by atoms with Crippen molar-refractivity contribution in [1.29, 1.82) is 0 Å². The van der Waals surface area contributed by atoms with Crippen molar-refractivity contribution in [2.75, 3.05) is 7.11 Å². The number of halogens is 3. The maximum atomic E-state index is 12.6. The van der Waals surface area contributed by atoms with Crippen LogP contribution in [-0.4, -0.2) is 7.11 Å². The van der Waals surface area contributed by atoms with Gasteiger partial charge in [0.25, 0.3) is 0 Å². The molecule has 0 aromatic heterocycles. The van der Waals surface area contributed by atoms with E-state index in [1.165, 1.54) is 13.2 Å². The second kappa shape index (κ2) is 4.72. The van der Waals surface area contributed by atoms with Gasteiger partial charge in [-0.3, -0.25) is 0 Å². The molecule has 0 unspecified atom stereocenters. The number of ether oxygens (including phenoxy) is 1. The van der Waals surface area contributed by atoms with Crippen LogP contribution in [0.2, 0.25) is 0 Å². The van der Waals surface area contributed by atoms with Crippen molar-refractivity contribution in [2.45, 2.75) is 6.18 Å². The molecule has 0 saturated carbocycles. The minimum absolute atomic E-state index is 0.488. The molecule has 0 aliphatic heterocycles. The molecule has 0 aliphatic rings. The number of hydrogen-bond donors (Lipinski definition) is 0. The Morgan fingerprint density at radius 1 is 0.944 bits per heavy atom. The molecule has 0 radical (unpaired) electrons. The highest BCUT2D eigenvalue weighted by Crippen LogP contribution is 2.34. The van der Waals surface area contributed by atoms with E-state index in [1.807, 2.05) is 0 Å². The van der Waals surface area contributed by atoms with Gasteiger partial charge in [0, 0.05) is 5.56 Å². The number of benzene rings is 2. The highest BCUT2D eigenvalue weighted by Gasteiger charge is 2.30. The van der Waals surface area contributed by atoms with Crippen molar-refractivity contribution in [1.82, 2.24) is 0 Å². The van der Waals surface area contributed by atoms with Crippen molar-refractivity contribution in [2.24, 2.45) is 0 Å². The topological polar surface area (TPSA) is 9.23 Å². The summed E-state index contributed by atoms with van der Waals surface area (Å²) in [7, 11) is 1.49. The van der Waals surface area contributed by atoms with Gasteiger partial charge in [-0.1, -0.05) is 30.3 Å². The van der Waals surface area contributed by atoms with E-state index in [0.717, 1.165) is 12.1 Å². The molecule has 0 atom stereocenters. The minimum atomic E-state index is -4.34. The van der Waals surface area contributed by atoms with Gasteiger partial charge in [0.1, 0.15) is 5.75 Å². The zero-order valence-electron chi connectivity index (χ0n) is 9.66. The third kappa shape index (κ3) is 2.47. The highest BCUT2D eigenvalue weighted by molar-refractivity contribution is 5.70. The zero-order valence-corrected chi connectivity index (χ0v) is 9.66. The monoisotopic (exact) mass is 252 g/mol. The summed E-state index contributed by atoms with van der Waals surface area (Å²) in [4.78, 5) is 0. The first-order valence-corrected chi connectivity index (χ1v) is 5.33. The molecule has 1 nitrogen and oxygen atoms in total. The Morgan fingerprint density at radius 2 is 1.67 bits per heavy atom. The summed E-state index contributed by atoms with van der Waals surface area (Å²) in [6, 6.07) is 12.2. The fourth-order valence-electron chi connectivity index (χ4n) is 1.75. The predicted molar refractivity (Wildman–Crippen MR) is 63.4 cm³/mol. The minimum Gasteiger partial charge on any atom is -0.496 e. The van der Waals surface area contributed by atoms with E-state index in [1.54, 1.807) is 30.3 Å². The smallest absolute Gasteiger partial charge is 0.416 e. The van der Waals surface area contributed by atoms with Crippen LogP contribution in [0.4, 0.5) is 13.2 Å². The summed E-state index contributed by atoms with van der Waals surface area (Å²) in [5.74, 6) is 0.553. The molecule has 2 aromatic rings. The predicted octanol–water partition coefficient (Wildman–Crippen LogP) is 4.38. The Labute approximate surface area is 103 Å². The quantitative estimate of drug-likeness (QED) is 0.770. The molecule has 0 N–H and O–H groups in total. The van der Waals surface area contributed by atoms with Gasteiger partial charge in [-0.15, -0.1) is 0 Å². The van der Waals surface area contributed by atoms with Gasteiger partial charge in [-0.25, -0.2) is 0 Å². The SMILES string of the molecule is COc1ccccc1-c1cccc(C(F)(F)F)c1. The molecule has 0 amide bonds. The maximum absolute atomic E-state index is 12.6. The number of hydrogen-bond acceptors (Lipinski definition) is 1. The molecule has 0 bridgehead atoms. The maximum Gasteiger partial charge on any atom is 0.416 e. The van der Waals surface area contributed by atoms with Crippen LogP contribution >= 0.6 is 0 Å². The summed E-state index contributed by atoms with van der Waals surface area (Å²) in [6.45, 7) is 0. The fraction of sp³-hybridized carbons (Fsp3) is 0.143. The second-order valence-corrected chi connectivity index (χ2v) is 3.78. The molecule has 94 valence electrons. The van der Waals surface area contributed by atoms with E-state index in [4.69, 9.17) is 4.74 Å². The average molecular weight is 252 g/mol. The Morgan fingerprint density at radius 3 is 2.33 bits per heavy atom. The largest absolute Gasteiger partial charge is 0.496 e. The van der Waals surface area contributed by atoms with Gasteiger partial charge < -0.3 is 4.74 Å². The Balaban J connectivity index is 2.51. The number of methoxy groups -OCH3 is 1. The van der Waals surface area contributed by atoms with Crippen molar-refractivity contribution in [3.05, 3.63) is 54.1 Å². The van der Waals surface area contributed by atoms with Crippen LogP contribution in [0.25, 0.3) is 11.1 Å². The summed E-state index contributed by atoms with van der Waals surface area (Å²) in [6.07, 6.45) is -4.34. The first-order valence-electron chi connectivity index (χ1n) is 5.33. The van der Waals surface area contributed by atoms with Crippen LogP contribution in [0, 0.1) is 0 Å². The lowest BCUT2D eigenvalue weighted by molar-refractivity contribution is -0.137. The summed E-state index contributed by atoms with van der Waals surface area (Å²) in [5, 5.41) is 0. The lowest BCUT2D eigenvalue weighted by atomic mass is 10.0. The van der Waals surface area contributed by atoms with Crippen LogP contribution in [0.1, 0.15) is 5.56 Å². The number of alkyl halides is 3. The third-order valence-electron chi connectivity index (χ3n) is 2.61. The van der Waals surface area contributed by atoms with Crippen molar-refractivity contribution in [3.63, 3.8) is 0 Å².